The highest BCUT2D eigenvalue weighted by atomic mass is 16.5. The van der Waals surface area contributed by atoms with Gasteiger partial charge in [0, 0.05) is 18.7 Å². The average Bonchev–Trinajstić information content (AvgIpc) is 2.61. The van der Waals surface area contributed by atoms with Gasteiger partial charge in [0.2, 0.25) is 0 Å². The summed E-state index contributed by atoms with van der Waals surface area (Å²) in [5.41, 5.74) is 1.99. The van der Waals surface area contributed by atoms with E-state index in [2.05, 4.69) is 19.1 Å². The molecule has 1 aliphatic rings. The lowest BCUT2D eigenvalue weighted by atomic mass is 9.97. The minimum Gasteiger partial charge on any atom is -0.493 e. The fraction of sp³-hybridized carbons (Fsp3) is 0.350. The first-order valence-corrected chi connectivity index (χ1v) is 8.26. The molecular formula is C20H23NO2. The number of amides is 1. The second-order valence-corrected chi connectivity index (χ2v) is 6.23. The number of aryl methyl sites for hydroxylation is 1. The van der Waals surface area contributed by atoms with Crippen LogP contribution in [0.15, 0.2) is 54.6 Å². The molecule has 3 rings (SSSR count). The molecule has 120 valence electrons. The van der Waals surface area contributed by atoms with Crippen LogP contribution >= 0.6 is 0 Å². The number of likely N-dealkylation sites (tertiary alicyclic amines) is 1. The van der Waals surface area contributed by atoms with Crippen molar-refractivity contribution >= 4 is 5.91 Å². The predicted octanol–water partition coefficient (Wildman–Crippen LogP) is 3.93. The summed E-state index contributed by atoms with van der Waals surface area (Å²) in [6.45, 7) is 4.43. The van der Waals surface area contributed by atoms with Crippen molar-refractivity contribution in [3.8, 4) is 5.75 Å². The van der Waals surface area contributed by atoms with E-state index in [1.54, 1.807) is 0 Å². The van der Waals surface area contributed by atoms with Gasteiger partial charge in [-0.1, -0.05) is 30.3 Å². The van der Waals surface area contributed by atoms with Crippen molar-refractivity contribution < 1.29 is 9.53 Å². The van der Waals surface area contributed by atoms with E-state index in [1.165, 1.54) is 5.56 Å². The zero-order valence-electron chi connectivity index (χ0n) is 13.6. The zero-order valence-corrected chi connectivity index (χ0v) is 13.6. The van der Waals surface area contributed by atoms with Crippen molar-refractivity contribution in [3.63, 3.8) is 0 Å². The van der Waals surface area contributed by atoms with E-state index < -0.39 is 0 Å². The van der Waals surface area contributed by atoms with Crippen LogP contribution in [-0.2, 0) is 0 Å². The summed E-state index contributed by atoms with van der Waals surface area (Å²) < 4.78 is 5.90. The van der Waals surface area contributed by atoms with Gasteiger partial charge in [0.25, 0.3) is 5.91 Å². The monoisotopic (exact) mass is 309 g/mol. The van der Waals surface area contributed by atoms with Crippen LogP contribution in [0.25, 0.3) is 0 Å². The van der Waals surface area contributed by atoms with Gasteiger partial charge in [0.05, 0.1) is 6.61 Å². The van der Waals surface area contributed by atoms with Gasteiger partial charge in [0.15, 0.2) is 0 Å². The largest absolute Gasteiger partial charge is 0.493 e. The number of rotatable bonds is 4. The molecule has 23 heavy (non-hydrogen) atoms. The number of carbonyl (C=O) groups is 1. The first-order valence-electron chi connectivity index (χ1n) is 8.26. The van der Waals surface area contributed by atoms with Crippen LogP contribution < -0.4 is 4.74 Å². The van der Waals surface area contributed by atoms with Crippen LogP contribution in [0.2, 0.25) is 0 Å². The molecule has 1 fully saturated rings. The van der Waals surface area contributed by atoms with Crippen LogP contribution in [0.5, 0.6) is 5.75 Å². The van der Waals surface area contributed by atoms with Crippen molar-refractivity contribution in [3.05, 3.63) is 65.7 Å². The second-order valence-electron chi connectivity index (χ2n) is 6.23. The van der Waals surface area contributed by atoms with E-state index in [0.717, 1.165) is 43.9 Å². The number of hydrogen-bond donors (Lipinski definition) is 0. The molecule has 0 atom stereocenters. The molecule has 1 saturated heterocycles. The molecule has 1 heterocycles. The van der Waals surface area contributed by atoms with Crippen LogP contribution in [0.1, 0.15) is 28.8 Å². The fourth-order valence-corrected chi connectivity index (χ4v) is 2.99. The predicted molar refractivity (Wildman–Crippen MR) is 91.7 cm³/mol. The van der Waals surface area contributed by atoms with Crippen LogP contribution in [0.4, 0.5) is 0 Å². The van der Waals surface area contributed by atoms with E-state index in [0.29, 0.717) is 5.92 Å². The van der Waals surface area contributed by atoms with Crippen LogP contribution in [0, 0.1) is 12.8 Å². The fourth-order valence-electron chi connectivity index (χ4n) is 2.99. The number of carbonyl (C=O) groups excluding carboxylic acids is 1. The van der Waals surface area contributed by atoms with Crippen molar-refractivity contribution in [2.45, 2.75) is 19.8 Å². The zero-order chi connectivity index (χ0) is 16.1. The third-order valence-electron chi connectivity index (χ3n) is 4.40. The van der Waals surface area contributed by atoms with Crippen LogP contribution in [0.3, 0.4) is 0 Å². The molecule has 0 bridgehead atoms. The van der Waals surface area contributed by atoms with Gasteiger partial charge in [-0.2, -0.15) is 0 Å². The number of piperidine rings is 1. The van der Waals surface area contributed by atoms with E-state index in [4.69, 9.17) is 4.74 Å². The first kappa shape index (κ1) is 15.6. The standard InChI is InChI=1S/C20H23NO2/c1-16-6-5-9-19(14-16)23-15-17-10-12-21(13-11-17)20(22)18-7-3-2-4-8-18/h2-9,14,17H,10-13,15H2,1H3. The molecule has 0 spiro atoms. The highest BCUT2D eigenvalue weighted by Gasteiger charge is 2.23. The summed E-state index contributed by atoms with van der Waals surface area (Å²) in [5.74, 6) is 1.60. The Morgan fingerprint density at radius 1 is 1.09 bits per heavy atom. The Bertz CT molecular complexity index is 646. The van der Waals surface area contributed by atoms with Crippen LogP contribution in [-0.4, -0.2) is 30.5 Å². The normalized spacial score (nSPS) is 15.4. The summed E-state index contributed by atoms with van der Waals surface area (Å²) in [6.07, 6.45) is 2.01. The van der Waals surface area contributed by atoms with Gasteiger partial charge in [0.1, 0.15) is 5.75 Å². The second kappa shape index (κ2) is 7.32. The maximum absolute atomic E-state index is 12.4. The number of hydrogen-bond acceptors (Lipinski definition) is 2. The van der Waals surface area contributed by atoms with Crippen molar-refractivity contribution in [1.29, 1.82) is 0 Å². The van der Waals surface area contributed by atoms with E-state index in [-0.39, 0.29) is 5.91 Å². The number of benzene rings is 2. The molecule has 0 aromatic heterocycles. The Kier molecular flexibility index (Phi) is 4.96. The molecule has 0 radical (unpaired) electrons. The maximum Gasteiger partial charge on any atom is 0.253 e. The Hall–Kier alpha value is -2.29. The molecule has 0 aliphatic carbocycles. The quantitative estimate of drug-likeness (QED) is 0.856. The van der Waals surface area contributed by atoms with Crippen molar-refractivity contribution in [2.75, 3.05) is 19.7 Å². The van der Waals surface area contributed by atoms with Gasteiger partial charge in [-0.05, 0) is 55.5 Å². The summed E-state index contributed by atoms with van der Waals surface area (Å²) >= 11 is 0. The third kappa shape index (κ3) is 4.13. The smallest absolute Gasteiger partial charge is 0.253 e. The molecule has 0 saturated carbocycles. The Morgan fingerprint density at radius 3 is 2.52 bits per heavy atom. The van der Waals surface area contributed by atoms with Gasteiger partial charge >= 0.3 is 0 Å². The molecular weight excluding hydrogens is 286 g/mol. The molecule has 0 N–H and O–H groups in total. The molecule has 2 aromatic rings. The van der Waals surface area contributed by atoms with Crippen molar-refractivity contribution in [2.24, 2.45) is 5.92 Å². The SMILES string of the molecule is Cc1cccc(OCC2CCN(C(=O)c3ccccc3)CC2)c1. The number of nitrogens with zero attached hydrogens (tertiary/aromatic N) is 1. The summed E-state index contributed by atoms with van der Waals surface area (Å²) in [6, 6.07) is 17.7. The molecule has 0 unspecified atom stereocenters. The third-order valence-corrected chi connectivity index (χ3v) is 4.40. The molecule has 2 aromatic carbocycles. The van der Waals surface area contributed by atoms with E-state index >= 15 is 0 Å². The number of ether oxygens (including phenoxy) is 1. The summed E-state index contributed by atoms with van der Waals surface area (Å²) in [5, 5.41) is 0. The van der Waals surface area contributed by atoms with E-state index in [1.807, 2.05) is 47.4 Å². The molecule has 1 aliphatic heterocycles. The Morgan fingerprint density at radius 2 is 1.83 bits per heavy atom. The Labute approximate surface area is 137 Å². The van der Waals surface area contributed by atoms with Gasteiger partial charge in [-0.25, -0.2) is 0 Å². The highest BCUT2D eigenvalue weighted by molar-refractivity contribution is 5.94. The lowest BCUT2D eigenvalue weighted by Gasteiger charge is -2.32. The molecule has 1 amide bonds. The minimum absolute atomic E-state index is 0.142. The average molecular weight is 309 g/mol. The lowest BCUT2D eigenvalue weighted by molar-refractivity contribution is 0.0661. The lowest BCUT2D eigenvalue weighted by Crippen LogP contribution is -2.39. The van der Waals surface area contributed by atoms with E-state index in [9.17, 15) is 4.79 Å². The molecule has 3 heteroatoms. The Balaban J connectivity index is 1.48. The minimum atomic E-state index is 0.142. The highest BCUT2D eigenvalue weighted by Crippen LogP contribution is 2.21. The summed E-state index contributed by atoms with van der Waals surface area (Å²) in [7, 11) is 0. The summed E-state index contributed by atoms with van der Waals surface area (Å²) in [4.78, 5) is 14.4. The molecule has 3 nitrogen and oxygen atoms in total. The van der Waals surface area contributed by atoms with Crippen molar-refractivity contribution in [1.82, 2.24) is 4.90 Å². The first-order chi connectivity index (χ1) is 11.2. The maximum atomic E-state index is 12.4. The van der Waals surface area contributed by atoms with Gasteiger partial charge in [-0.3, -0.25) is 4.79 Å². The topological polar surface area (TPSA) is 29.5 Å². The van der Waals surface area contributed by atoms with Gasteiger partial charge < -0.3 is 9.64 Å². The van der Waals surface area contributed by atoms with Gasteiger partial charge in [-0.15, -0.1) is 0 Å².